The minimum atomic E-state index is 0.807. The van der Waals surface area contributed by atoms with Gasteiger partial charge in [-0.15, -0.1) is 0 Å². The van der Waals surface area contributed by atoms with Gasteiger partial charge in [-0.05, 0) is 48.7 Å². The molecule has 0 aliphatic rings. The predicted molar refractivity (Wildman–Crippen MR) is 84.6 cm³/mol. The number of hydrogen-bond acceptors (Lipinski definition) is 3. The van der Waals surface area contributed by atoms with E-state index in [1.165, 1.54) is 16.7 Å². The Morgan fingerprint density at radius 1 is 1.05 bits per heavy atom. The highest BCUT2D eigenvalue weighted by Crippen LogP contribution is 2.16. The summed E-state index contributed by atoms with van der Waals surface area (Å²) in [4.78, 5) is 4.42. The number of aromatic nitrogens is 3. The molecule has 0 radical (unpaired) electrons. The molecule has 0 fully saturated rings. The highest BCUT2D eigenvalue weighted by atomic mass is 15.3. The van der Waals surface area contributed by atoms with Crippen LogP contribution in [0.5, 0.6) is 0 Å². The maximum absolute atomic E-state index is 4.42. The molecule has 1 N–H and O–H groups in total. The summed E-state index contributed by atoms with van der Waals surface area (Å²) in [7, 11) is 0. The van der Waals surface area contributed by atoms with Gasteiger partial charge in [-0.1, -0.05) is 18.2 Å². The fourth-order valence-corrected chi connectivity index (χ4v) is 2.35. The average molecular weight is 278 g/mol. The zero-order valence-corrected chi connectivity index (χ0v) is 12.2. The van der Waals surface area contributed by atoms with Crippen molar-refractivity contribution in [3.8, 4) is 5.82 Å². The molecule has 0 atom stereocenters. The lowest BCUT2D eigenvalue weighted by atomic mass is 10.0. The van der Waals surface area contributed by atoms with E-state index >= 15 is 0 Å². The van der Waals surface area contributed by atoms with Crippen LogP contribution in [0.4, 0.5) is 5.69 Å². The fourth-order valence-electron chi connectivity index (χ4n) is 2.35. The second-order valence-electron chi connectivity index (χ2n) is 5.08. The quantitative estimate of drug-likeness (QED) is 0.794. The van der Waals surface area contributed by atoms with Crippen molar-refractivity contribution in [1.82, 2.24) is 14.8 Å². The van der Waals surface area contributed by atoms with Gasteiger partial charge in [0.15, 0.2) is 5.82 Å². The summed E-state index contributed by atoms with van der Waals surface area (Å²) in [6.45, 7) is 5.09. The number of hydrogen-bond donors (Lipinski definition) is 1. The number of benzene rings is 1. The number of pyridine rings is 1. The Balaban J connectivity index is 1.71. The standard InChI is InChI=1S/C17H18N4/c1-13-5-3-6-14(2)16(13)12-18-15-7-8-17(19-11-15)21-10-4-9-20-21/h3-11,18H,12H2,1-2H3. The van der Waals surface area contributed by atoms with Gasteiger partial charge >= 0.3 is 0 Å². The molecule has 0 bridgehead atoms. The third-order valence-electron chi connectivity index (χ3n) is 3.60. The SMILES string of the molecule is Cc1cccc(C)c1CNc1ccc(-n2cccn2)nc1. The first-order chi connectivity index (χ1) is 10.2. The smallest absolute Gasteiger partial charge is 0.153 e. The summed E-state index contributed by atoms with van der Waals surface area (Å²) in [5.41, 5.74) is 4.97. The summed E-state index contributed by atoms with van der Waals surface area (Å²) in [6, 6.07) is 12.2. The highest BCUT2D eigenvalue weighted by Gasteiger charge is 2.03. The van der Waals surface area contributed by atoms with Gasteiger partial charge < -0.3 is 5.32 Å². The molecule has 0 saturated heterocycles. The minimum Gasteiger partial charge on any atom is -0.380 e. The zero-order valence-electron chi connectivity index (χ0n) is 12.2. The Morgan fingerprint density at radius 3 is 2.48 bits per heavy atom. The number of aryl methyl sites for hydroxylation is 2. The zero-order chi connectivity index (χ0) is 14.7. The molecule has 0 aliphatic carbocycles. The molecule has 106 valence electrons. The number of anilines is 1. The molecule has 0 saturated carbocycles. The van der Waals surface area contributed by atoms with Crippen molar-refractivity contribution in [2.45, 2.75) is 20.4 Å². The van der Waals surface area contributed by atoms with Crippen LogP contribution >= 0.6 is 0 Å². The van der Waals surface area contributed by atoms with Gasteiger partial charge in [0.2, 0.25) is 0 Å². The molecule has 2 heterocycles. The molecule has 0 amide bonds. The Bertz CT molecular complexity index is 695. The van der Waals surface area contributed by atoms with Crippen molar-refractivity contribution in [2.24, 2.45) is 0 Å². The molecule has 0 unspecified atom stereocenters. The van der Waals surface area contributed by atoms with E-state index in [0.717, 1.165) is 18.1 Å². The molecule has 0 aliphatic heterocycles. The third-order valence-corrected chi connectivity index (χ3v) is 3.60. The Labute approximate surface area is 124 Å². The van der Waals surface area contributed by atoms with Crippen LogP contribution in [0.3, 0.4) is 0 Å². The Kier molecular flexibility index (Phi) is 3.69. The van der Waals surface area contributed by atoms with Crippen LogP contribution < -0.4 is 5.32 Å². The summed E-state index contributed by atoms with van der Waals surface area (Å²) >= 11 is 0. The van der Waals surface area contributed by atoms with Gasteiger partial charge in [-0.25, -0.2) is 9.67 Å². The van der Waals surface area contributed by atoms with E-state index in [-0.39, 0.29) is 0 Å². The monoisotopic (exact) mass is 278 g/mol. The van der Waals surface area contributed by atoms with Gasteiger partial charge in [0.1, 0.15) is 0 Å². The van der Waals surface area contributed by atoms with Crippen LogP contribution in [0, 0.1) is 13.8 Å². The van der Waals surface area contributed by atoms with Crippen LogP contribution in [-0.2, 0) is 6.54 Å². The van der Waals surface area contributed by atoms with Crippen molar-refractivity contribution in [3.05, 3.63) is 71.7 Å². The lowest BCUT2D eigenvalue weighted by Crippen LogP contribution is -2.04. The summed E-state index contributed by atoms with van der Waals surface area (Å²) in [5.74, 6) is 0.817. The molecule has 3 rings (SSSR count). The number of nitrogens with one attached hydrogen (secondary N) is 1. The molecule has 0 spiro atoms. The van der Waals surface area contributed by atoms with Gasteiger partial charge in [-0.2, -0.15) is 5.10 Å². The number of nitrogens with zero attached hydrogens (tertiary/aromatic N) is 3. The first-order valence-electron chi connectivity index (χ1n) is 6.99. The van der Waals surface area contributed by atoms with Crippen molar-refractivity contribution in [3.63, 3.8) is 0 Å². The first-order valence-corrected chi connectivity index (χ1v) is 6.99. The fraction of sp³-hybridized carbons (Fsp3) is 0.176. The van der Waals surface area contributed by atoms with E-state index in [2.05, 4.69) is 47.4 Å². The molecule has 2 aromatic heterocycles. The van der Waals surface area contributed by atoms with E-state index in [1.807, 2.05) is 30.6 Å². The lowest BCUT2D eigenvalue weighted by Gasteiger charge is -2.12. The molecular weight excluding hydrogens is 260 g/mol. The van der Waals surface area contributed by atoms with Crippen LogP contribution in [0.25, 0.3) is 5.82 Å². The van der Waals surface area contributed by atoms with E-state index < -0.39 is 0 Å². The first kappa shape index (κ1) is 13.4. The molecular formula is C17H18N4. The van der Waals surface area contributed by atoms with Gasteiger partial charge in [0, 0.05) is 18.9 Å². The van der Waals surface area contributed by atoms with Gasteiger partial charge in [0.05, 0.1) is 11.9 Å². The van der Waals surface area contributed by atoms with Crippen molar-refractivity contribution < 1.29 is 0 Å². The molecule has 4 nitrogen and oxygen atoms in total. The Hall–Kier alpha value is -2.62. The second-order valence-corrected chi connectivity index (χ2v) is 5.08. The molecule has 4 heteroatoms. The van der Waals surface area contributed by atoms with Gasteiger partial charge in [0.25, 0.3) is 0 Å². The van der Waals surface area contributed by atoms with Crippen LogP contribution in [0.1, 0.15) is 16.7 Å². The van der Waals surface area contributed by atoms with Crippen LogP contribution in [0.2, 0.25) is 0 Å². The predicted octanol–water partition coefficient (Wildman–Crippen LogP) is 3.50. The minimum absolute atomic E-state index is 0.807. The molecule has 3 aromatic rings. The third kappa shape index (κ3) is 2.94. The summed E-state index contributed by atoms with van der Waals surface area (Å²) < 4.78 is 1.75. The average Bonchev–Trinajstić information content (AvgIpc) is 3.02. The van der Waals surface area contributed by atoms with E-state index in [4.69, 9.17) is 0 Å². The largest absolute Gasteiger partial charge is 0.380 e. The van der Waals surface area contributed by atoms with Gasteiger partial charge in [-0.3, -0.25) is 0 Å². The van der Waals surface area contributed by atoms with Crippen molar-refractivity contribution in [2.75, 3.05) is 5.32 Å². The van der Waals surface area contributed by atoms with E-state index in [9.17, 15) is 0 Å². The highest BCUT2D eigenvalue weighted by molar-refractivity contribution is 5.45. The van der Waals surface area contributed by atoms with Crippen LogP contribution in [0.15, 0.2) is 55.0 Å². The second kappa shape index (κ2) is 5.79. The normalized spacial score (nSPS) is 10.6. The maximum atomic E-state index is 4.42. The molecule has 21 heavy (non-hydrogen) atoms. The van der Waals surface area contributed by atoms with Crippen LogP contribution in [-0.4, -0.2) is 14.8 Å². The molecule has 1 aromatic carbocycles. The topological polar surface area (TPSA) is 42.7 Å². The van der Waals surface area contributed by atoms with Crippen molar-refractivity contribution in [1.29, 1.82) is 0 Å². The summed E-state index contributed by atoms with van der Waals surface area (Å²) in [5, 5.41) is 7.59. The van der Waals surface area contributed by atoms with E-state index in [1.54, 1.807) is 10.9 Å². The number of rotatable bonds is 4. The van der Waals surface area contributed by atoms with Crippen molar-refractivity contribution >= 4 is 5.69 Å². The Morgan fingerprint density at radius 2 is 1.86 bits per heavy atom. The summed E-state index contributed by atoms with van der Waals surface area (Å²) in [6.07, 6.45) is 5.46. The lowest BCUT2D eigenvalue weighted by molar-refractivity contribution is 0.847. The van der Waals surface area contributed by atoms with E-state index in [0.29, 0.717) is 0 Å². The maximum Gasteiger partial charge on any atom is 0.153 e.